The second-order valence-corrected chi connectivity index (χ2v) is 4.73. The molecule has 1 saturated carbocycles. The summed E-state index contributed by atoms with van der Waals surface area (Å²) < 4.78 is 10.9. The summed E-state index contributed by atoms with van der Waals surface area (Å²) in [7, 11) is 0. The summed E-state index contributed by atoms with van der Waals surface area (Å²) in [4.78, 5) is 11.3. The predicted octanol–water partition coefficient (Wildman–Crippen LogP) is 1.67. The maximum Gasteiger partial charge on any atom is 0.314 e. The standard InChI is InChI=1S/C13H14O5/c14-10-8(13(4-5-13)12(15)16)2-3-9-11(10)18-7-1-6-17-9/h2-3,14H,1,4-7H2,(H,15,16). The van der Waals surface area contributed by atoms with Gasteiger partial charge >= 0.3 is 5.97 Å². The summed E-state index contributed by atoms with van der Waals surface area (Å²) in [5.74, 6) is -0.228. The van der Waals surface area contributed by atoms with E-state index in [0.717, 1.165) is 6.42 Å². The van der Waals surface area contributed by atoms with Crippen molar-refractivity contribution in [2.75, 3.05) is 13.2 Å². The average molecular weight is 250 g/mol. The molecule has 1 fully saturated rings. The zero-order valence-electron chi connectivity index (χ0n) is 9.81. The van der Waals surface area contributed by atoms with Crippen LogP contribution >= 0.6 is 0 Å². The number of fused-ring (bicyclic) bond motifs is 1. The third kappa shape index (κ3) is 1.50. The molecule has 1 aliphatic carbocycles. The Balaban J connectivity index is 2.08. The van der Waals surface area contributed by atoms with Crippen molar-refractivity contribution in [1.29, 1.82) is 0 Å². The van der Waals surface area contributed by atoms with E-state index in [1.165, 1.54) is 0 Å². The minimum absolute atomic E-state index is 0.0886. The molecule has 2 N–H and O–H groups in total. The van der Waals surface area contributed by atoms with Gasteiger partial charge in [0.15, 0.2) is 11.5 Å². The molecule has 1 aromatic carbocycles. The number of ether oxygens (including phenoxy) is 2. The molecule has 2 aliphatic rings. The monoisotopic (exact) mass is 250 g/mol. The molecule has 0 spiro atoms. The molecule has 18 heavy (non-hydrogen) atoms. The van der Waals surface area contributed by atoms with E-state index in [4.69, 9.17) is 9.47 Å². The smallest absolute Gasteiger partial charge is 0.314 e. The fourth-order valence-electron chi connectivity index (χ4n) is 2.33. The van der Waals surface area contributed by atoms with Crippen molar-refractivity contribution in [1.82, 2.24) is 0 Å². The number of phenols is 1. The Bertz CT molecular complexity index is 504. The Morgan fingerprint density at radius 1 is 1.22 bits per heavy atom. The minimum Gasteiger partial charge on any atom is -0.504 e. The molecule has 0 aromatic heterocycles. The van der Waals surface area contributed by atoms with Crippen LogP contribution < -0.4 is 9.47 Å². The van der Waals surface area contributed by atoms with Crippen molar-refractivity contribution >= 4 is 5.97 Å². The third-order valence-corrected chi connectivity index (χ3v) is 3.56. The number of rotatable bonds is 2. The van der Waals surface area contributed by atoms with Crippen LogP contribution in [-0.4, -0.2) is 29.4 Å². The lowest BCUT2D eigenvalue weighted by Crippen LogP contribution is -2.19. The quantitative estimate of drug-likeness (QED) is 0.835. The Morgan fingerprint density at radius 3 is 2.61 bits per heavy atom. The molecule has 0 bridgehead atoms. The Kier molecular flexibility index (Phi) is 2.36. The van der Waals surface area contributed by atoms with Gasteiger partial charge in [-0.05, 0) is 18.9 Å². The van der Waals surface area contributed by atoms with Crippen molar-refractivity contribution in [3.63, 3.8) is 0 Å². The van der Waals surface area contributed by atoms with E-state index in [0.29, 0.717) is 37.4 Å². The van der Waals surface area contributed by atoms with Gasteiger partial charge in [-0.1, -0.05) is 6.07 Å². The lowest BCUT2D eigenvalue weighted by molar-refractivity contribution is -0.140. The second kappa shape index (κ2) is 3.80. The third-order valence-electron chi connectivity index (χ3n) is 3.56. The molecular formula is C13H14O5. The molecule has 5 nitrogen and oxygen atoms in total. The number of phenolic OH excluding ortho intramolecular Hbond substituents is 1. The number of hydrogen-bond acceptors (Lipinski definition) is 4. The molecule has 1 aromatic rings. The van der Waals surface area contributed by atoms with Gasteiger partial charge in [0.1, 0.15) is 0 Å². The van der Waals surface area contributed by atoms with Crippen LogP contribution in [0.3, 0.4) is 0 Å². The molecule has 0 atom stereocenters. The van der Waals surface area contributed by atoms with E-state index in [1.807, 2.05) is 0 Å². The van der Waals surface area contributed by atoms with Crippen molar-refractivity contribution in [3.8, 4) is 17.2 Å². The SMILES string of the molecule is O=C(O)C1(c2ccc3c(c2O)OCCCO3)CC1. The largest absolute Gasteiger partial charge is 0.504 e. The minimum atomic E-state index is -0.936. The van der Waals surface area contributed by atoms with Crippen LogP contribution in [0.1, 0.15) is 24.8 Å². The summed E-state index contributed by atoms with van der Waals surface area (Å²) in [5.41, 5.74) is -0.506. The first-order valence-electron chi connectivity index (χ1n) is 6.00. The van der Waals surface area contributed by atoms with Gasteiger partial charge in [-0.15, -0.1) is 0 Å². The Morgan fingerprint density at radius 2 is 1.94 bits per heavy atom. The number of benzene rings is 1. The summed E-state index contributed by atoms with van der Waals surface area (Å²) in [6.07, 6.45) is 1.85. The summed E-state index contributed by atoms with van der Waals surface area (Å²) in [5, 5.41) is 19.5. The number of hydrogen-bond donors (Lipinski definition) is 2. The van der Waals surface area contributed by atoms with Gasteiger partial charge in [0.05, 0.1) is 18.6 Å². The van der Waals surface area contributed by atoms with Crippen LogP contribution in [0.25, 0.3) is 0 Å². The molecule has 1 aliphatic heterocycles. The lowest BCUT2D eigenvalue weighted by atomic mass is 9.94. The normalized spacial score (nSPS) is 20.0. The molecule has 1 heterocycles. The van der Waals surface area contributed by atoms with Gasteiger partial charge in [-0.25, -0.2) is 0 Å². The molecule has 5 heteroatoms. The molecule has 3 rings (SSSR count). The lowest BCUT2D eigenvalue weighted by Gasteiger charge is -2.16. The second-order valence-electron chi connectivity index (χ2n) is 4.73. The van der Waals surface area contributed by atoms with Gasteiger partial charge in [0.25, 0.3) is 0 Å². The molecule has 0 unspecified atom stereocenters. The highest BCUT2D eigenvalue weighted by molar-refractivity contribution is 5.86. The van der Waals surface area contributed by atoms with Gasteiger partial charge in [0, 0.05) is 12.0 Å². The first kappa shape index (κ1) is 11.2. The van der Waals surface area contributed by atoms with Crippen molar-refractivity contribution in [3.05, 3.63) is 17.7 Å². The number of aromatic hydroxyl groups is 1. The van der Waals surface area contributed by atoms with Crippen LogP contribution in [0.15, 0.2) is 12.1 Å². The number of aliphatic carboxylic acids is 1. The van der Waals surface area contributed by atoms with E-state index in [-0.39, 0.29) is 11.5 Å². The van der Waals surface area contributed by atoms with Crippen LogP contribution in [0, 0.1) is 0 Å². The van der Waals surface area contributed by atoms with Gasteiger partial charge in [-0.3, -0.25) is 4.79 Å². The zero-order chi connectivity index (χ0) is 12.8. The van der Waals surface area contributed by atoms with Crippen molar-refractivity contribution in [2.24, 2.45) is 0 Å². The van der Waals surface area contributed by atoms with E-state index in [2.05, 4.69) is 0 Å². The van der Waals surface area contributed by atoms with Gasteiger partial charge in [-0.2, -0.15) is 0 Å². The first-order chi connectivity index (χ1) is 8.65. The van der Waals surface area contributed by atoms with Crippen molar-refractivity contribution in [2.45, 2.75) is 24.7 Å². The van der Waals surface area contributed by atoms with E-state index < -0.39 is 11.4 Å². The zero-order valence-corrected chi connectivity index (χ0v) is 9.81. The predicted molar refractivity (Wildman–Crippen MR) is 62.3 cm³/mol. The van der Waals surface area contributed by atoms with Gasteiger partial charge in [0.2, 0.25) is 5.75 Å². The molecule has 0 amide bonds. The Labute approximate surface area is 104 Å². The Hall–Kier alpha value is -1.91. The fraction of sp³-hybridized carbons (Fsp3) is 0.462. The fourth-order valence-corrected chi connectivity index (χ4v) is 2.33. The highest BCUT2D eigenvalue weighted by Gasteiger charge is 2.53. The van der Waals surface area contributed by atoms with Gasteiger partial charge < -0.3 is 19.7 Å². The van der Waals surface area contributed by atoms with Crippen LogP contribution in [0.2, 0.25) is 0 Å². The molecule has 0 saturated heterocycles. The average Bonchev–Trinajstić information content (AvgIpc) is 3.13. The first-order valence-corrected chi connectivity index (χ1v) is 6.00. The maximum atomic E-state index is 11.3. The summed E-state index contributed by atoms with van der Waals surface area (Å²) in [6.45, 7) is 1.000. The van der Waals surface area contributed by atoms with E-state index in [9.17, 15) is 15.0 Å². The topological polar surface area (TPSA) is 76.0 Å². The molecular weight excluding hydrogens is 236 g/mol. The van der Waals surface area contributed by atoms with Crippen LogP contribution in [0.5, 0.6) is 17.2 Å². The van der Waals surface area contributed by atoms with Crippen LogP contribution in [0.4, 0.5) is 0 Å². The molecule has 0 radical (unpaired) electrons. The summed E-state index contributed by atoms with van der Waals surface area (Å²) >= 11 is 0. The highest BCUT2D eigenvalue weighted by atomic mass is 16.5. The van der Waals surface area contributed by atoms with E-state index >= 15 is 0 Å². The number of carbonyl (C=O) groups is 1. The molecule has 96 valence electrons. The van der Waals surface area contributed by atoms with Crippen LogP contribution in [-0.2, 0) is 10.2 Å². The number of carboxylic acids is 1. The van der Waals surface area contributed by atoms with E-state index in [1.54, 1.807) is 12.1 Å². The highest BCUT2D eigenvalue weighted by Crippen LogP contribution is 2.55. The number of carboxylic acid groups (broad SMARTS) is 1. The van der Waals surface area contributed by atoms with Crippen molar-refractivity contribution < 1.29 is 24.5 Å². The maximum absolute atomic E-state index is 11.3. The summed E-state index contributed by atoms with van der Waals surface area (Å²) in [6, 6.07) is 3.31.